The zero-order chi connectivity index (χ0) is 16.3. The summed E-state index contributed by atoms with van der Waals surface area (Å²) < 4.78 is 13.3. The predicted octanol–water partition coefficient (Wildman–Crippen LogP) is 4.36. The van der Waals surface area contributed by atoms with Crippen molar-refractivity contribution >= 4 is 45.0 Å². The molecule has 1 atom stereocenters. The molecule has 0 saturated carbocycles. The van der Waals surface area contributed by atoms with Gasteiger partial charge in [-0.3, -0.25) is 4.79 Å². The van der Waals surface area contributed by atoms with Gasteiger partial charge in [0.2, 0.25) is 0 Å². The van der Waals surface area contributed by atoms with Crippen LogP contribution in [0, 0.1) is 5.82 Å². The zero-order valence-corrected chi connectivity index (χ0v) is 14.2. The number of carbonyl (C=O) groups is 1. The number of hydrogen-bond acceptors (Lipinski definition) is 2. The molecule has 22 heavy (non-hydrogen) atoms. The fraction of sp³-hybridized carbons (Fsp3) is 0.133. The topological polar surface area (TPSA) is 49.3 Å². The van der Waals surface area contributed by atoms with Crippen LogP contribution in [0.1, 0.15) is 22.0 Å². The van der Waals surface area contributed by atoms with Crippen LogP contribution in [-0.4, -0.2) is 17.6 Å². The van der Waals surface area contributed by atoms with E-state index in [-0.39, 0.29) is 12.1 Å². The van der Waals surface area contributed by atoms with E-state index in [1.165, 1.54) is 18.2 Å². The van der Waals surface area contributed by atoms with Crippen LogP contribution in [-0.2, 0) is 0 Å². The summed E-state index contributed by atoms with van der Waals surface area (Å²) in [4.78, 5) is 12.0. The highest BCUT2D eigenvalue weighted by molar-refractivity contribution is 9.10. The molecule has 0 fully saturated rings. The zero-order valence-electron chi connectivity index (χ0n) is 11.1. The van der Waals surface area contributed by atoms with Crippen molar-refractivity contribution in [2.75, 3.05) is 6.54 Å². The fourth-order valence-electron chi connectivity index (χ4n) is 1.84. The maximum Gasteiger partial charge on any atom is 0.252 e. The molecule has 0 bridgehead atoms. The average molecular weight is 407 g/mol. The van der Waals surface area contributed by atoms with Gasteiger partial charge in [0.25, 0.3) is 5.91 Å². The predicted molar refractivity (Wildman–Crippen MR) is 87.9 cm³/mol. The molecule has 2 aromatic carbocycles. The summed E-state index contributed by atoms with van der Waals surface area (Å²) in [5.74, 6) is -0.879. The minimum atomic E-state index is -0.959. The van der Waals surface area contributed by atoms with Crippen LogP contribution in [0.25, 0.3) is 0 Å². The molecule has 2 rings (SSSR count). The third kappa shape index (κ3) is 4.43. The second-order valence-electron chi connectivity index (χ2n) is 4.55. The normalized spacial score (nSPS) is 12.0. The van der Waals surface area contributed by atoms with Gasteiger partial charge < -0.3 is 10.4 Å². The van der Waals surface area contributed by atoms with E-state index in [0.29, 0.717) is 20.1 Å². The second-order valence-corrected chi connectivity index (χ2v) is 6.28. The Bertz CT molecular complexity index is 692. The van der Waals surface area contributed by atoms with Gasteiger partial charge in [0, 0.05) is 21.1 Å². The quantitative estimate of drug-likeness (QED) is 0.792. The average Bonchev–Trinajstić information content (AvgIpc) is 2.43. The number of aliphatic hydroxyl groups excluding tert-OH is 1. The van der Waals surface area contributed by atoms with E-state index < -0.39 is 17.8 Å². The van der Waals surface area contributed by atoms with E-state index in [9.17, 15) is 14.3 Å². The van der Waals surface area contributed by atoms with Gasteiger partial charge in [-0.1, -0.05) is 23.2 Å². The van der Waals surface area contributed by atoms with E-state index in [4.69, 9.17) is 23.2 Å². The SMILES string of the molecule is O=C(NCC(O)c1cc(Cl)cc(Cl)c1)c1ccc(F)cc1Br. The van der Waals surface area contributed by atoms with Crippen molar-refractivity contribution < 1.29 is 14.3 Å². The summed E-state index contributed by atoms with van der Waals surface area (Å²) in [6.45, 7) is -0.0285. The summed E-state index contributed by atoms with van der Waals surface area (Å²) >= 11 is 14.8. The largest absolute Gasteiger partial charge is 0.387 e. The first kappa shape index (κ1) is 17.2. The Morgan fingerprint density at radius 1 is 1.23 bits per heavy atom. The standard InChI is InChI=1S/C15H11BrCl2FNO2/c16-13-6-11(19)1-2-12(13)15(22)20-7-14(21)8-3-9(17)5-10(18)4-8/h1-6,14,21H,7H2,(H,20,22). The minimum Gasteiger partial charge on any atom is -0.387 e. The molecule has 3 nitrogen and oxygen atoms in total. The molecule has 2 aromatic rings. The Kier molecular flexibility index (Phi) is 5.81. The maximum absolute atomic E-state index is 13.0. The van der Waals surface area contributed by atoms with Crippen molar-refractivity contribution in [3.63, 3.8) is 0 Å². The van der Waals surface area contributed by atoms with Gasteiger partial charge in [0.1, 0.15) is 5.82 Å². The van der Waals surface area contributed by atoms with Crippen molar-refractivity contribution in [2.45, 2.75) is 6.10 Å². The molecular formula is C15H11BrCl2FNO2. The molecule has 0 heterocycles. The lowest BCUT2D eigenvalue weighted by molar-refractivity contribution is 0.0915. The summed E-state index contributed by atoms with van der Waals surface area (Å²) in [6.07, 6.45) is -0.959. The summed E-state index contributed by atoms with van der Waals surface area (Å²) in [7, 11) is 0. The lowest BCUT2D eigenvalue weighted by atomic mass is 10.1. The van der Waals surface area contributed by atoms with Gasteiger partial charge in [-0.25, -0.2) is 4.39 Å². The highest BCUT2D eigenvalue weighted by Gasteiger charge is 2.14. The first-order valence-corrected chi connectivity index (χ1v) is 7.79. The van der Waals surface area contributed by atoms with Crippen LogP contribution in [0.5, 0.6) is 0 Å². The van der Waals surface area contributed by atoms with Crippen LogP contribution < -0.4 is 5.32 Å². The second kappa shape index (κ2) is 7.42. The van der Waals surface area contributed by atoms with Crippen LogP contribution >= 0.6 is 39.1 Å². The monoisotopic (exact) mass is 405 g/mol. The number of hydrogen-bond donors (Lipinski definition) is 2. The van der Waals surface area contributed by atoms with E-state index in [1.807, 2.05) is 0 Å². The molecule has 0 radical (unpaired) electrons. The number of benzene rings is 2. The molecule has 0 aliphatic heterocycles. The molecular weight excluding hydrogens is 396 g/mol. The molecule has 1 amide bonds. The van der Waals surface area contributed by atoms with Gasteiger partial charge in [0.15, 0.2) is 0 Å². The molecule has 0 aromatic heterocycles. The van der Waals surface area contributed by atoms with Gasteiger partial charge >= 0.3 is 0 Å². The Morgan fingerprint density at radius 2 is 1.86 bits per heavy atom. The molecule has 116 valence electrons. The lowest BCUT2D eigenvalue weighted by Gasteiger charge is -2.13. The Balaban J connectivity index is 2.04. The molecule has 0 aliphatic rings. The number of halogens is 4. The molecule has 1 unspecified atom stereocenters. The number of carbonyl (C=O) groups excluding carboxylic acids is 1. The Morgan fingerprint density at radius 3 is 2.45 bits per heavy atom. The van der Waals surface area contributed by atoms with Crippen molar-refractivity contribution in [1.29, 1.82) is 0 Å². The smallest absolute Gasteiger partial charge is 0.252 e. The highest BCUT2D eigenvalue weighted by Crippen LogP contribution is 2.23. The van der Waals surface area contributed by atoms with E-state index in [1.54, 1.807) is 18.2 Å². The first-order chi connectivity index (χ1) is 10.4. The third-order valence-corrected chi connectivity index (χ3v) is 3.99. The number of aliphatic hydroxyl groups is 1. The molecule has 7 heteroatoms. The van der Waals surface area contributed by atoms with Crippen LogP contribution in [0.15, 0.2) is 40.9 Å². The maximum atomic E-state index is 13.0. The van der Waals surface area contributed by atoms with Crippen molar-refractivity contribution in [3.8, 4) is 0 Å². The van der Waals surface area contributed by atoms with Crippen molar-refractivity contribution in [1.82, 2.24) is 5.32 Å². The molecule has 0 saturated heterocycles. The van der Waals surface area contributed by atoms with Crippen molar-refractivity contribution in [3.05, 3.63) is 67.9 Å². The first-order valence-electron chi connectivity index (χ1n) is 6.24. The minimum absolute atomic E-state index is 0.0285. The highest BCUT2D eigenvalue weighted by atomic mass is 79.9. The molecule has 0 spiro atoms. The van der Waals surface area contributed by atoms with E-state index in [0.717, 1.165) is 0 Å². The summed E-state index contributed by atoms with van der Waals surface area (Å²) in [5.41, 5.74) is 0.772. The molecule has 2 N–H and O–H groups in total. The van der Waals surface area contributed by atoms with Crippen LogP contribution in [0.3, 0.4) is 0 Å². The lowest BCUT2D eigenvalue weighted by Crippen LogP contribution is -2.28. The Hall–Kier alpha value is -1.14. The number of nitrogens with one attached hydrogen (secondary N) is 1. The molecule has 0 aliphatic carbocycles. The summed E-state index contributed by atoms with van der Waals surface area (Å²) in [5, 5.41) is 13.4. The Labute approximate surface area is 145 Å². The van der Waals surface area contributed by atoms with E-state index >= 15 is 0 Å². The van der Waals surface area contributed by atoms with Crippen LogP contribution in [0.2, 0.25) is 10.0 Å². The third-order valence-electron chi connectivity index (χ3n) is 2.90. The number of rotatable bonds is 4. The van der Waals surface area contributed by atoms with Gasteiger partial charge in [0.05, 0.1) is 11.7 Å². The number of amides is 1. The fourth-order valence-corrected chi connectivity index (χ4v) is 2.92. The van der Waals surface area contributed by atoms with Gasteiger partial charge in [-0.2, -0.15) is 0 Å². The van der Waals surface area contributed by atoms with Crippen LogP contribution in [0.4, 0.5) is 4.39 Å². The summed E-state index contributed by atoms with van der Waals surface area (Å²) in [6, 6.07) is 8.43. The van der Waals surface area contributed by atoms with E-state index in [2.05, 4.69) is 21.2 Å². The van der Waals surface area contributed by atoms with Gasteiger partial charge in [-0.05, 0) is 57.9 Å². The van der Waals surface area contributed by atoms with Gasteiger partial charge in [-0.15, -0.1) is 0 Å². The van der Waals surface area contributed by atoms with Crippen molar-refractivity contribution in [2.24, 2.45) is 0 Å².